The lowest BCUT2D eigenvalue weighted by Crippen LogP contribution is -2.44. The molecule has 0 amide bonds. The Hall–Kier alpha value is -3.09. The zero-order valence-corrected chi connectivity index (χ0v) is 18.8. The standard InChI is InChI=1S/C26H32N2O4/c1-18(26(27)25(29)17-32-23-5-4-14-28-16-23)15-24(19-6-10-21(30-2)11-7-19)20-8-12-22(31-3)13-9-20/h4-14,16,18,24-26,29H,15,17,27H2,1-3H3/t18?,25-,26?/m0/s1. The molecule has 6 heteroatoms. The van der Waals surface area contributed by atoms with Gasteiger partial charge < -0.3 is 25.1 Å². The van der Waals surface area contributed by atoms with E-state index in [1.165, 1.54) is 0 Å². The van der Waals surface area contributed by atoms with Gasteiger partial charge in [-0.15, -0.1) is 0 Å². The number of aromatic nitrogens is 1. The second-order valence-corrected chi connectivity index (χ2v) is 7.96. The van der Waals surface area contributed by atoms with Crippen LogP contribution in [0, 0.1) is 5.92 Å². The van der Waals surface area contributed by atoms with Crippen molar-refractivity contribution in [1.29, 1.82) is 0 Å². The van der Waals surface area contributed by atoms with Crippen molar-refractivity contribution in [2.45, 2.75) is 31.4 Å². The molecule has 0 aliphatic heterocycles. The van der Waals surface area contributed by atoms with Crippen molar-refractivity contribution in [1.82, 2.24) is 4.98 Å². The molecule has 3 aromatic rings. The minimum atomic E-state index is -0.794. The van der Waals surface area contributed by atoms with Crippen molar-refractivity contribution < 1.29 is 19.3 Å². The van der Waals surface area contributed by atoms with Crippen molar-refractivity contribution in [3.63, 3.8) is 0 Å². The lowest BCUT2D eigenvalue weighted by molar-refractivity contribution is 0.0667. The molecule has 0 aliphatic carbocycles. The zero-order chi connectivity index (χ0) is 22.9. The first-order chi connectivity index (χ1) is 15.5. The average molecular weight is 437 g/mol. The molecule has 0 radical (unpaired) electrons. The lowest BCUT2D eigenvalue weighted by Gasteiger charge is -2.29. The van der Waals surface area contributed by atoms with Gasteiger partial charge in [0.15, 0.2) is 0 Å². The van der Waals surface area contributed by atoms with Gasteiger partial charge in [-0.2, -0.15) is 0 Å². The third kappa shape index (κ3) is 6.22. The molecule has 170 valence electrons. The van der Waals surface area contributed by atoms with Crippen LogP contribution in [-0.4, -0.2) is 43.1 Å². The summed E-state index contributed by atoms with van der Waals surface area (Å²) in [4.78, 5) is 4.02. The van der Waals surface area contributed by atoms with Gasteiger partial charge in [0, 0.05) is 18.2 Å². The van der Waals surface area contributed by atoms with Crippen LogP contribution in [0.25, 0.3) is 0 Å². The molecule has 1 heterocycles. The van der Waals surface area contributed by atoms with Gasteiger partial charge in [-0.05, 0) is 59.9 Å². The fourth-order valence-electron chi connectivity index (χ4n) is 3.77. The third-order valence-corrected chi connectivity index (χ3v) is 5.80. The predicted octanol–water partition coefficient (Wildman–Crippen LogP) is 4.02. The second kappa shape index (κ2) is 11.5. The smallest absolute Gasteiger partial charge is 0.137 e. The topological polar surface area (TPSA) is 86.8 Å². The van der Waals surface area contributed by atoms with Crippen LogP contribution >= 0.6 is 0 Å². The largest absolute Gasteiger partial charge is 0.497 e. The van der Waals surface area contributed by atoms with Crippen molar-refractivity contribution >= 4 is 0 Å². The van der Waals surface area contributed by atoms with E-state index in [-0.39, 0.29) is 18.4 Å². The second-order valence-electron chi connectivity index (χ2n) is 7.96. The van der Waals surface area contributed by atoms with Crippen molar-refractivity contribution in [2.24, 2.45) is 11.7 Å². The molecule has 0 saturated heterocycles. The van der Waals surface area contributed by atoms with Crippen LogP contribution in [0.3, 0.4) is 0 Å². The maximum absolute atomic E-state index is 10.6. The van der Waals surface area contributed by atoms with Gasteiger partial charge in [-0.25, -0.2) is 0 Å². The highest BCUT2D eigenvalue weighted by Crippen LogP contribution is 2.34. The van der Waals surface area contributed by atoms with Crippen LogP contribution in [0.15, 0.2) is 73.1 Å². The molecule has 3 atom stereocenters. The van der Waals surface area contributed by atoms with Gasteiger partial charge in [-0.1, -0.05) is 31.2 Å². The first-order valence-electron chi connectivity index (χ1n) is 10.8. The Kier molecular flexibility index (Phi) is 8.48. The van der Waals surface area contributed by atoms with Gasteiger partial charge in [0.2, 0.25) is 0 Å². The molecule has 1 aromatic heterocycles. The summed E-state index contributed by atoms with van der Waals surface area (Å²) in [7, 11) is 3.32. The zero-order valence-electron chi connectivity index (χ0n) is 18.8. The number of rotatable bonds is 11. The van der Waals surface area contributed by atoms with Crippen molar-refractivity contribution in [2.75, 3.05) is 20.8 Å². The quantitative estimate of drug-likeness (QED) is 0.472. The number of ether oxygens (including phenoxy) is 3. The molecule has 0 spiro atoms. The molecular weight excluding hydrogens is 404 g/mol. The van der Waals surface area contributed by atoms with Gasteiger partial charge in [0.25, 0.3) is 0 Å². The summed E-state index contributed by atoms with van der Waals surface area (Å²) in [5.41, 5.74) is 8.76. The van der Waals surface area contributed by atoms with Gasteiger partial charge >= 0.3 is 0 Å². The number of pyridine rings is 1. The van der Waals surface area contributed by atoms with Gasteiger partial charge in [-0.3, -0.25) is 4.98 Å². The number of aliphatic hydroxyl groups is 1. The molecule has 2 unspecified atom stereocenters. The SMILES string of the molecule is COc1ccc(C(CC(C)C(N)[C@@H](O)COc2cccnc2)c2ccc(OC)cc2)cc1. The molecule has 0 saturated carbocycles. The number of hydrogen-bond donors (Lipinski definition) is 2. The molecule has 6 nitrogen and oxygen atoms in total. The molecule has 0 bridgehead atoms. The summed E-state index contributed by atoms with van der Waals surface area (Å²) < 4.78 is 16.3. The lowest BCUT2D eigenvalue weighted by atomic mass is 9.81. The van der Waals surface area contributed by atoms with Crippen LogP contribution in [0.1, 0.15) is 30.4 Å². The van der Waals surface area contributed by atoms with Crippen molar-refractivity contribution in [3.05, 3.63) is 84.2 Å². The van der Waals surface area contributed by atoms with E-state index in [2.05, 4.69) is 36.2 Å². The minimum Gasteiger partial charge on any atom is -0.497 e. The number of aliphatic hydroxyl groups excluding tert-OH is 1. The summed E-state index contributed by atoms with van der Waals surface area (Å²) in [5.74, 6) is 2.39. The Morgan fingerprint density at radius 3 is 1.91 bits per heavy atom. The third-order valence-electron chi connectivity index (χ3n) is 5.80. The van der Waals surface area contributed by atoms with E-state index in [1.807, 2.05) is 24.3 Å². The monoisotopic (exact) mass is 436 g/mol. The van der Waals surface area contributed by atoms with Crippen LogP contribution < -0.4 is 19.9 Å². The molecule has 32 heavy (non-hydrogen) atoms. The normalized spacial score (nSPS) is 13.9. The number of hydrogen-bond acceptors (Lipinski definition) is 6. The molecule has 3 rings (SSSR count). The Labute approximate surface area is 190 Å². The predicted molar refractivity (Wildman–Crippen MR) is 125 cm³/mol. The summed E-state index contributed by atoms with van der Waals surface area (Å²) >= 11 is 0. The van der Waals surface area contributed by atoms with Crippen LogP contribution in [0.5, 0.6) is 17.2 Å². The van der Waals surface area contributed by atoms with E-state index in [1.54, 1.807) is 38.7 Å². The average Bonchev–Trinajstić information content (AvgIpc) is 2.86. The minimum absolute atomic E-state index is 0.0386. The summed E-state index contributed by atoms with van der Waals surface area (Å²) in [6.45, 7) is 2.19. The van der Waals surface area contributed by atoms with Crippen LogP contribution in [-0.2, 0) is 0 Å². The highest BCUT2D eigenvalue weighted by molar-refractivity contribution is 5.38. The van der Waals surface area contributed by atoms with E-state index < -0.39 is 12.1 Å². The number of nitrogens with zero attached hydrogens (tertiary/aromatic N) is 1. The summed E-state index contributed by atoms with van der Waals surface area (Å²) in [6.07, 6.45) is 3.27. The Morgan fingerprint density at radius 2 is 1.44 bits per heavy atom. The molecule has 2 aromatic carbocycles. The van der Waals surface area contributed by atoms with Crippen LogP contribution in [0.4, 0.5) is 0 Å². The Bertz CT molecular complexity index is 885. The fraction of sp³-hybridized carbons (Fsp3) is 0.346. The maximum Gasteiger partial charge on any atom is 0.137 e. The number of nitrogens with two attached hydrogens (primary N) is 1. The van der Waals surface area contributed by atoms with E-state index >= 15 is 0 Å². The molecule has 0 aliphatic rings. The van der Waals surface area contributed by atoms with E-state index in [0.717, 1.165) is 29.0 Å². The summed E-state index contributed by atoms with van der Waals surface area (Å²) in [6, 6.07) is 19.3. The van der Waals surface area contributed by atoms with Gasteiger partial charge in [0.1, 0.15) is 30.0 Å². The highest BCUT2D eigenvalue weighted by Gasteiger charge is 2.26. The Morgan fingerprint density at radius 1 is 0.875 bits per heavy atom. The van der Waals surface area contributed by atoms with Crippen molar-refractivity contribution in [3.8, 4) is 17.2 Å². The number of benzene rings is 2. The van der Waals surface area contributed by atoms with Gasteiger partial charge in [0.05, 0.1) is 20.4 Å². The maximum atomic E-state index is 10.6. The molecule has 3 N–H and O–H groups in total. The first-order valence-corrected chi connectivity index (χ1v) is 10.8. The van der Waals surface area contributed by atoms with E-state index in [4.69, 9.17) is 19.9 Å². The Balaban J connectivity index is 1.73. The summed E-state index contributed by atoms with van der Waals surface area (Å²) in [5, 5.41) is 10.6. The molecule has 0 fully saturated rings. The highest BCUT2D eigenvalue weighted by atomic mass is 16.5. The molecular formula is C26H32N2O4. The fourth-order valence-corrected chi connectivity index (χ4v) is 3.77. The van der Waals surface area contributed by atoms with E-state index in [0.29, 0.717) is 5.75 Å². The number of methoxy groups -OCH3 is 2. The first kappa shape index (κ1) is 23.6. The van der Waals surface area contributed by atoms with Crippen LogP contribution in [0.2, 0.25) is 0 Å². The van der Waals surface area contributed by atoms with E-state index in [9.17, 15) is 5.11 Å².